The molecule has 1 N–H and O–H groups in total. The van der Waals surface area contributed by atoms with Crippen LogP contribution in [0.5, 0.6) is 0 Å². The summed E-state index contributed by atoms with van der Waals surface area (Å²) >= 11 is 0. The monoisotopic (exact) mass is 263 g/mol. The first-order chi connectivity index (χ1) is 9.08. The van der Waals surface area contributed by atoms with Gasteiger partial charge < -0.3 is 10.0 Å². The quantitative estimate of drug-likeness (QED) is 0.849. The lowest BCUT2D eigenvalue weighted by Crippen LogP contribution is -2.33. The zero-order valence-electron chi connectivity index (χ0n) is 11.6. The summed E-state index contributed by atoms with van der Waals surface area (Å²) in [6, 6.07) is 1.93. The number of rotatable bonds is 3. The van der Waals surface area contributed by atoms with Crippen LogP contribution in [0, 0.1) is 6.92 Å². The molecule has 0 bridgehead atoms. The molecule has 1 fully saturated rings. The molecule has 0 spiro atoms. The lowest BCUT2D eigenvalue weighted by atomic mass is 10.1. The Bertz CT molecular complexity index is 454. The number of aromatic nitrogens is 2. The maximum atomic E-state index is 11.1. The Morgan fingerprint density at radius 3 is 2.47 bits per heavy atom. The van der Waals surface area contributed by atoms with Gasteiger partial charge in [0.05, 0.1) is 0 Å². The van der Waals surface area contributed by atoms with E-state index in [0.29, 0.717) is 17.7 Å². The van der Waals surface area contributed by atoms with Crippen molar-refractivity contribution in [2.75, 3.05) is 11.9 Å². The van der Waals surface area contributed by atoms with Crippen LogP contribution in [0.1, 0.15) is 54.7 Å². The maximum Gasteiger partial charge on any atom is 0.354 e. The van der Waals surface area contributed by atoms with Gasteiger partial charge in [0.1, 0.15) is 0 Å². The molecule has 0 saturated heterocycles. The molecule has 0 atom stereocenters. The maximum absolute atomic E-state index is 11.1. The van der Waals surface area contributed by atoms with Gasteiger partial charge >= 0.3 is 5.97 Å². The molecule has 0 aromatic carbocycles. The molecular weight excluding hydrogens is 242 g/mol. The Morgan fingerprint density at radius 2 is 1.89 bits per heavy atom. The summed E-state index contributed by atoms with van der Waals surface area (Å²) in [4.78, 5) is 21.6. The van der Waals surface area contributed by atoms with Gasteiger partial charge in [0.15, 0.2) is 5.69 Å². The summed E-state index contributed by atoms with van der Waals surface area (Å²) in [6.45, 7) is 1.80. The van der Waals surface area contributed by atoms with Gasteiger partial charge in [-0.1, -0.05) is 25.7 Å². The molecule has 1 saturated carbocycles. The number of hydrogen-bond donors (Lipinski definition) is 1. The average Bonchev–Trinajstić information content (AvgIpc) is 2.65. The predicted octanol–water partition coefficient (Wildman–Crippen LogP) is 2.64. The smallest absolute Gasteiger partial charge is 0.354 e. The molecule has 5 heteroatoms. The second-order valence-electron chi connectivity index (χ2n) is 5.26. The van der Waals surface area contributed by atoms with Gasteiger partial charge in [-0.2, -0.15) is 0 Å². The number of anilines is 1. The van der Waals surface area contributed by atoms with Crippen molar-refractivity contribution in [3.63, 3.8) is 0 Å². The zero-order valence-corrected chi connectivity index (χ0v) is 11.6. The van der Waals surface area contributed by atoms with Gasteiger partial charge in [-0.25, -0.2) is 14.8 Å². The molecule has 1 aromatic rings. The Hall–Kier alpha value is -1.65. The van der Waals surface area contributed by atoms with E-state index in [-0.39, 0.29) is 5.69 Å². The van der Waals surface area contributed by atoms with Gasteiger partial charge in [-0.15, -0.1) is 0 Å². The highest BCUT2D eigenvalue weighted by molar-refractivity contribution is 5.85. The molecule has 0 radical (unpaired) electrons. The van der Waals surface area contributed by atoms with Gasteiger partial charge in [0.25, 0.3) is 0 Å². The summed E-state index contributed by atoms with van der Waals surface area (Å²) < 4.78 is 0. The van der Waals surface area contributed by atoms with E-state index in [4.69, 9.17) is 5.11 Å². The number of nitrogens with zero attached hydrogens (tertiary/aromatic N) is 3. The fourth-order valence-electron chi connectivity index (χ4n) is 2.63. The molecule has 1 aromatic heterocycles. The molecule has 1 aliphatic carbocycles. The second kappa shape index (κ2) is 5.99. The van der Waals surface area contributed by atoms with Gasteiger partial charge in [-0.3, -0.25) is 0 Å². The lowest BCUT2D eigenvalue weighted by Gasteiger charge is -2.27. The summed E-state index contributed by atoms with van der Waals surface area (Å²) in [7, 11) is 1.97. The standard InChI is InChI=1S/C14H21N3O2/c1-10-9-12(13(18)19)16-14(15-10)17(2)11-7-5-3-4-6-8-11/h9,11H,3-8H2,1-2H3,(H,18,19). The minimum absolute atomic E-state index is 0.0722. The zero-order chi connectivity index (χ0) is 13.8. The minimum atomic E-state index is -0.999. The summed E-state index contributed by atoms with van der Waals surface area (Å²) in [6.07, 6.45) is 7.31. The molecule has 0 aliphatic heterocycles. The van der Waals surface area contributed by atoms with Crippen molar-refractivity contribution in [2.24, 2.45) is 0 Å². The van der Waals surface area contributed by atoms with Crippen LogP contribution in [0.2, 0.25) is 0 Å². The van der Waals surface area contributed by atoms with Crippen LogP contribution in [0.3, 0.4) is 0 Å². The van der Waals surface area contributed by atoms with E-state index in [1.54, 1.807) is 6.92 Å². The number of carbonyl (C=O) groups is 1. The van der Waals surface area contributed by atoms with Crippen LogP contribution in [0.4, 0.5) is 5.95 Å². The van der Waals surface area contributed by atoms with Crippen LogP contribution >= 0.6 is 0 Å². The Morgan fingerprint density at radius 1 is 1.26 bits per heavy atom. The van der Waals surface area contributed by atoms with Crippen molar-refractivity contribution in [2.45, 2.75) is 51.5 Å². The topological polar surface area (TPSA) is 66.3 Å². The number of aromatic carboxylic acids is 1. The van der Waals surface area contributed by atoms with Crippen molar-refractivity contribution >= 4 is 11.9 Å². The lowest BCUT2D eigenvalue weighted by molar-refractivity contribution is 0.0690. The summed E-state index contributed by atoms with van der Waals surface area (Å²) in [5.74, 6) is -0.467. The molecule has 5 nitrogen and oxygen atoms in total. The van der Waals surface area contributed by atoms with E-state index in [1.165, 1.54) is 31.7 Å². The molecule has 1 heterocycles. The number of hydrogen-bond acceptors (Lipinski definition) is 4. The van der Waals surface area contributed by atoms with Gasteiger partial charge in [0, 0.05) is 18.8 Å². The van der Waals surface area contributed by atoms with E-state index >= 15 is 0 Å². The van der Waals surface area contributed by atoms with Crippen LogP contribution in [0.25, 0.3) is 0 Å². The Labute approximate surface area is 113 Å². The molecule has 2 rings (SSSR count). The highest BCUT2D eigenvalue weighted by Gasteiger charge is 2.20. The first-order valence-corrected chi connectivity index (χ1v) is 6.90. The van der Waals surface area contributed by atoms with Crippen molar-refractivity contribution in [3.05, 3.63) is 17.5 Å². The third-order valence-electron chi connectivity index (χ3n) is 3.75. The molecule has 1 aliphatic rings. The van der Waals surface area contributed by atoms with Crippen LogP contribution in [0.15, 0.2) is 6.07 Å². The molecule has 104 valence electrons. The fourth-order valence-corrected chi connectivity index (χ4v) is 2.63. The number of carboxylic acid groups (broad SMARTS) is 1. The molecular formula is C14H21N3O2. The van der Waals surface area contributed by atoms with Crippen molar-refractivity contribution in [1.29, 1.82) is 0 Å². The molecule has 0 unspecified atom stereocenters. The third-order valence-corrected chi connectivity index (χ3v) is 3.75. The van der Waals surface area contributed by atoms with Crippen molar-refractivity contribution < 1.29 is 9.90 Å². The van der Waals surface area contributed by atoms with E-state index < -0.39 is 5.97 Å². The molecule has 0 amide bonds. The Balaban J connectivity index is 2.21. The third kappa shape index (κ3) is 3.43. The number of carboxylic acids is 1. The minimum Gasteiger partial charge on any atom is -0.477 e. The first kappa shape index (κ1) is 13.8. The summed E-state index contributed by atoms with van der Waals surface area (Å²) in [5, 5.41) is 9.06. The normalized spacial score (nSPS) is 16.9. The predicted molar refractivity (Wildman–Crippen MR) is 73.6 cm³/mol. The van der Waals surface area contributed by atoms with Crippen LogP contribution in [-0.2, 0) is 0 Å². The number of aryl methyl sites for hydroxylation is 1. The van der Waals surface area contributed by atoms with E-state index in [9.17, 15) is 4.79 Å². The SMILES string of the molecule is Cc1cc(C(=O)O)nc(N(C)C2CCCCCC2)n1. The first-order valence-electron chi connectivity index (χ1n) is 6.90. The van der Waals surface area contributed by atoms with E-state index in [1.807, 2.05) is 11.9 Å². The second-order valence-corrected chi connectivity index (χ2v) is 5.26. The van der Waals surface area contributed by atoms with Gasteiger partial charge in [-0.05, 0) is 25.8 Å². The Kier molecular flexibility index (Phi) is 4.35. The van der Waals surface area contributed by atoms with Crippen LogP contribution in [-0.4, -0.2) is 34.1 Å². The van der Waals surface area contributed by atoms with Gasteiger partial charge in [0.2, 0.25) is 5.95 Å². The fraction of sp³-hybridized carbons (Fsp3) is 0.643. The molecule has 19 heavy (non-hydrogen) atoms. The largest absolute Gasteiger partial charge is 0.477 e. The average molecular weight is 263 g/mol. The van der Waals surface area contributed by atoms with Crippen molar-refractivity contribution in [1.82, 2.24) is 9.97 Å². The van der Waals surface area contributed by atoms with Crippen LogP contribution < -0.4 is 4.90 Å². The highest BCUT2D eigenvalue weighted by Crippen LogP contribution is 2.23. The van der Waals surface area contributed by atoms with E-state index in [0.717, 1.165) is 12.8 Å². The highest BCUT2D eigenvalue weighted by atomic mass is 16.4. The summed E-state index contributed by atoms with van der Waals surface area (Å²) in [5.41, 5.74) is 0.769. The van der Waals surface area contributed by atoms with E-state index in [2.05, 4.69) is 9.97 Å². The van der Waals surface area contributed by atoms with Crippen molar-refractivity contribution in [3.8, 4) is 0 Å².